The zero-order valence-corrected chi connectivity index (χ0v) is 10.6. The molecule has 1 aromatic rings. The van der Waals surface area contributed by atoms with Crippen LogP contribution in [0.2, 0.25) is 0 Å². The second-order valence-electron chi connectivity index (χ2n) is 5.55. The van der Waals surface area contributed by atoms with Crippen LogP contribution in [0.25, 0.3) is 0 Å². The van der Waals surface area contributed by atoms with E-state index in [-0.39, 0.29) is 17.8 Å². The molecule has 1 saturated carbocycles. The molecule has 4 N–H and O–H groups in total. The molecule has 3 rings (SSSR count). The van der Waals surface area contributed by atoms with Crippen molar-refractivity contribution in [2.45, 2.75) is 18.9 Å². The first kappa shape index (κ1) is 12.4. The topological polar surface area (TPSA) is 73.3 Å². The molecule has 19 heavy (non-hydrogen) atoms. The molecule has 0 spiro atoms. The predicted molar refractivity (Wildman–Crippen MR) is 71.8 cm³/mol. The van der Waals surface area contributed by atoms with Crippen LogP contribution < -0.4 is 10.6 Å². The van der Waals surface area contributed by atoms with E-state index in [1.54, 1.807) is 6.07 Å². The fraction of sp³-hybridized carbons (Fsp3) is 0.500. The number of nitrogen functional groups attached to an aromatic ring is 1. The van der Waals surface area contributed by atoms with Crippen LogP contribution in [0.4, 0.5) is 10.1 Å². The van der Waals surface area contributed by atoms with Gasteiger partial charge in [0, 0.05) is 30.3 Å². The number of hydrogen-bond acceptors (Lipinski definition) is 3. The third kappa shape index (κ3) is 2.08. The minimum absolute atomic E-state index is 0.118. The summed E-state index contributed by atoms with van der Waals surface area (Å²) in [5, 5.41) is 17.5. The molecule has 102 valence electrons. The summed E-state index contributed by atoms with van der Waals surface area (Å²) in [4.78, 5) is 2.12. The average molecular weight is 263 g/mol. The van der Waals surface area contributed by atoms with Crippen LogP contribution in [0, 0.1) is 23.1 Å². The molecule has 0 aromatic heterocycles. The van der Waals surface area contributed by atoms with Crippen molar-refractivity contribution >= 4 is 11.5 Å². The second-order valence-corrected chi connectivity index (χ2v) is 5.55. The number of nitrogens with zero attached hydrogens (tertiary/aromatic N) is 1. The average Bonchev–Trinajstić information content (AvgIpc) is 2.92. The third-order valence-electron chi connectivity index (χ3n) is 4.41. The van der Waals surface area contributed by atoms with Gasteiger partial charge in [0.2, 0.25) is 0 Å². The molecule has 1 aromatic carbocycles. The van der Waals surface area contributed by atoms with Crippen LogP contribution in [-0.2, 0) is 0 Å². The Bertz CT molecular complexity index is 519. The third-order valence-corrected chi connectivity index (χ3v) is 4.41. The lowest BCUT2D eigenvalue weighted by atomic mass is 10.00. The highest BCUT2D eigenvalue weighted by atomic mass is 19.1. The van der Waals surface area contributed by atoms with E-state index in [4.69, 9.17) is 11.1 Å². The van der Waals surface area contributed by atoms with Crippen molar-refractivity contribution in [3.8, 4) is 0 Å². The number of amidine groups is 1. The standard InChI is InChI=1S/C14H18FN3O/c15-9-2-3-12(10(5-9)14(16)17)18-6-8-1-4-13(19)11(8)7-18/h2-3,5,8,11,13,19H,1,4,6-7H2,(H3,16,17). The van der Waals surface area contributed by atoms with Gasteiger partial charge >= 0.3 is 0 Å². The summed E-state index contributed by atoms with van der Waals surface area (Å²) in [6.45, 7) is 1.62. The molecule has 0 bridgehead atoms. The van der Waals surface area contributed by atoms with Gasteiger partial charge in [-0.3, -0.25) is 5.41 Å². The maximum Gasteiger partial charge on any atom is 0.125 e. The zero-order chi connectivity index (χ0) is 13.6. The Morgan fingerprint density at radius 3 is 2.84 bits per heavy atom. The molecular weight excluding hydrogens is 245 g/mol. The van der Waals surface area contributed by atoms with Crippen molar-refractivity contribution in [2.75, 3.05) is 18.0 Å². The minimum atomic E-state index is -0.381. The highest BCUT2D eigenvalue weighted by molar-refractivity contribution is 6.00. The summed E-state index contributed by atoms with van der Waals surface area (Å²) in [7, 11) is 0. The van der Waals surface area contributed by atoms with E-state index in [2.05, 4.69) is 4.90 Å². The summed E-state index contributed by atoms with van der Waals surface area (Å²) in [5.74, 6) is 0.296. The largest absolute Gasteiger partial charge is 0.393 e. The van der Waals surface area contributed by atoms with Gasteiger partial charge in [0.1, 0.15) is 11.7 Å². The molecule has 2 fully saturated rings. The Labute approximate surface area is 111 Å². The summed E-state index contributed by atoms with van der Waals surface area (Å²) in [5.41, 5.74) is 6.78. The van der Waals surface area contributed by atoms with E-state index in [0.29, 0.717) is 17.4 Å². The molecule has 1 saturated heterocycles. The molecule has 1 aliphatic heterocycles. The minimum Gasteiger partial charge on any atom is -0.393 e. The lowest BCUT2D eigenvalue weighted by molar-refractivity contribution is 0.133. The Morgan fingerprint density at radius 1 is 1.37 bits per heavy atom. The fourth-order valence-corrected chi connectivity index (χ4v) is 3.43. The SMILES string of the molecule is N=C(N)c1cc(F)ccc1N1CC2CCC(O)C2C1. The highest BCUT2D eigenvalue weighted by Crippen LogP contribution is 2.40. The van der Waals surface area contributed by atoms with Gasteiger partial charge in [-0.1, -0.05) is 0 Å². The normalized spacial score (nSPS) is 29.6. The van der Waals surface area contributed by atoms with Crippen LogP contribution in [0.1, 0.15) is 18.4 Å². The van der Waals surface area contributed by atoms with Gasteiger partial charge in [-0.25, -0.2) is 4.39 Å². The number of rotatable bonds is 2. The van der Waals surface area contributed by atoms with Crippen molar-refractivity contribution in [1.29, 1.82) is 5.41 Å². The monoisotopic (exact) mass is 263 g/mol. The summed E-state index contributed by atoms with van der Waals surface area (Å²) in [6.07, 6.45) is 1.70. The molecule has 0 radical (unpaired) electrons. The first-order chi connectivity index (χ1) is 9.06. The van der Waals surface area contributed by atoms with Crippen molar-refractivity contribution in [3.63, 3.8) is 0 Å². The number of fused-ring (bicyclic) bond motifs is 1. The Kier molecular flexibility index (Phi) is 2.93. The van der Waals surface area contributed by atoms with Crippen LogP contribution in [0.15, 0.2) is 18.2 Å². The van der Waals surface area contributed by atoms with Crippen LogP contribution in [0.5, 0.6) is 0 Å². The van der Waals surface area contributed by atoms with Gasteiger partial charge < -0.3 is 15.7 Å². The predicted octanol–water partition coefficient (Wildman–Crippen LogP) is 1.32. The van der Waals surface area contributed by atoms with Crippen molar-refractivity contribution in [2.24, 2.45) is 17.6 Å². The highest BCUT2D eigenvalue weighted by Gasteiger charge is 2.42. The van der Waals surface area contributed by atoms with Gasteiger partial charge in [0.05, 0.1) is 6.10 Å². The first-order valence-corrected chi connectivity index (χ1v) is 6.63. The number of anilines is 1. The molecule has 0 amide bonds. The van der Waals surface area contributed by atoms with Gasteiger partial charge in [-0.2, -0.15) is 0 Å². The molecule has 3 atom stereocenters. The van der Waals surface area contributed by atoms with Crippen molar-refractivity contribution < 1.29 is 9.50 Å². The lowest BCUT2D eigenvalue weighted by Gasteiger charge is -2.23. The van der Waals surface area contributed by atoms with E-state index >= 15 is 0 Å². The smallest absolute Gasteiger partial charge is 0.125 e. The number of nitrogens with one attached hydrogen (secondary N) is 1. The second kappa shape index (κ2) is 4.49. The number of aliphatic hydroxyl groups excluding tert-OH is 1. The molecule has 3 unspecified atom stereocenters. The molecule has 1 aliphatic carbocycles. The number of aliphatic hydroxyl groups is 1. The number of benzene rings is 1. The van der Waals surface area contributed by atoms with Crippen molar-refractivity contribution in [3.05, 3.63) is 29.6 Å². The number of hydrogen-bond donors (Lipinski definition) is 3. The van der Waals surface area contributed by atoms with Gasteiger partial charge in [0.25, 0.3) is 0 Å². The Hall–Kier alpha value is -1.62. The van der Waals surface area contributed by atoms with E-state index in [1.807, 2.05) is 0 Å². The molecule has 2 aliphatic rings. The fourth-order valence-electron chi connectivity index (χ4n) is 3.43. The van der Waals surface area contributed by atoms with Crippen LogP contribution >= 0.6 is 0 Å². The quantitative estimate of drug-likeness (QED) is 0.556. The summed E-state index contributed by atoms with van der Waals surface area (Å²) >= 11 is 0. The van der Waals surface area contributed by atoms with Crippen molar-refractivity contribution in [1.82, 2.24) is 0 Å². The number of halogens is 1. The lowest BCUT2D eigenvalue weighted by Crippen LogP contribution is -2.27. The van der Waals surface area contributed by atoms with Crippen LogP contribution in [-0.4, -0.2) is 30.1 Å². The Balaban J connectivity index is 1.90. The first-order valence-electron chi connectivity index (χ1n) is 6.63. The molecule has 5 heteroatoms. The van der Waals surface area contributed by atoms with E-state index in [9.17, 15) is 9.50 Å². The van der Waals surface area contributed by atoms with E-state index in [0.717, 1.165) is 31.6 Å². The maximum absolute atomic E-state index is 13.3. The number of nitrogens with two attached hydrogens (primary N) is 1. The molecule has 4 nitrogen and oxygen atoms in total. The van der Waals surface area contributed by atoms with Gasteiger partial charge in [-0.15, -0.1) is 0 Å². The molecule has 1 heterocycles. The molecular formula is C14H18FN3O. The van der Waals surface area contributed by atoms with Crippen LogP contribution in [0.3, 0.4) is 0 Å². The maximum atomic E-state index is 13.3. The van der Waals surface area contributed by atoms with Gasteiger partial charge in [-0.05, 0) is 37.0 Å². The van der Waals surface area contributed by atoms with E-state index in [1.165, 1.54) is 12.1 Å². The van der Waals surface area contributed by atoms with E-state index < -0.39 is 0 Å². The summed E-state index contributed by atoms with van der Waals surface area (Å²) < 4.78 is 13.3. The zero-order valence-electron chi connectivity index (χ0n) is 10.6. The Morgan fingerprint density at radius 2 is 2.16 bits per heavy atom. The summed E-state index contributed by atoms with van der Waals surface area (Å²) in [6, 6.07) is 4.38. The van der Waals surface area contributed by atoms with Gasteiger partial charge in [0.15, 0.2) is 0 Å².